The Balaban J connectivity index is 1.41. The minimum Gasteiger partial charge on any atom is -0.476 e. The summed E-state index contributed by atoms with van der Waals surface area (Å²) in [5, 5.41) is 2.89. The molecular weight excluding hydrogens is 522 g/mol. The number of benzene rings is 3. The Morgan fingerprint density at radius 2 is 1.60 bits per heavy atom. The number of rotatable bonds is 6. The number of ether oxygens (including phenoxy) is 1. The first kappa shape index (κ1) is 27.4. The van der Waals surface area contributed by atoms with E-state index in [2.05, 4.69) is 31.1 Å². The number of hydrogen-bond acceptors (Lipinski definition) is 5. The maximum Gasteiger partial charge on any atom is 0.267 e. The summed E-state index contributed by atoms with van der Waals surface area (Å²) in [4.78, 5) is 17.6. The van der Waals surface area contributed by atoms with E-state index < -0.39 is 22.0 Å². The van der Waals surface area contributed by atoms with Crippen LogP contribution in [0.4, 0.5) is 11.4 Å². The lowest BCUT2D eigenvalue weighted by Gasteiger charge is -2.36. The number of anilines is 2. The molecule has 1 amide bonds. The molecule has 8 heteroatoms. The highest BCUT2D eigenvalue weighted by molar-refractivity contribution is 7.92. The first-order chi connectivity index (χ1) is 19.0. The Labute approximate surface area is 235 Å². The summed E-state index contributed by atoms with van der Waals surface area (Å²) < 4.78 is 35.1. The van der Waals surface area contributed by atoms with Gasteiger partial charge in [0.2, 0.25) is 0 Å². The molecule has 0 saturated carbocycles. The molecule has 1 aliphatic heterocycles. The molecule has 0 radical (unpaired) electrons. The van der Waals surface area contributed by atoms with Gasteiger partial charge in [-0.05, 0) is 84.0 Å². The van der Waals surface area contributed by atoms with Crippen LogP contribution in [0.1, 0.15) is 43.0 Å². The Hall–Kier alpha value is -4.17. The monoisotopic (exact) mass is 555 g/mol. The van der Waals surface area contributed by atoms with Crippen LogP contribution in [0, 0.1) is 6.92 Å². The minimum absolute atomic E-state index is 0.150. The number of fused-ring (bicyclic) bond motifs is 1. The van der Waals surface area contributed by atoms with Gasteiger partial charge in [-0.15, -0.1) is 0 Å². The van der Waals surface area contributed by atoms with Gasteiger partial charge >= 0.3 is 0 Å². The smallest absolute Gasteiger partial charge is 0.267 e. The van der Waals surface area contributed by atoms with Gasteiger partial charge in [0, 0.05) is 18.1 Å². The van der Waals surface area contributed by atoms with Gasteiger partial charge in [0.25, 0.3) is 15.9 Å². The molecule has 0 fully saturated rings. The second kappa shape index (κ2) is 10.8. The van der Waals surface area contributed by atoms with Crippen LogP contribution in [-0.4, -0.2) is 32.0 Å². The fourth-order valence-electron chi connectivity index (χ4n) is 4.58. The quantitative estimate of drug-likeness (QED) is 0.321. The molecule has 0 aliphatic carbocycles. The van der Waals surface area contributed by atoms with E-state index in [-0.39, 0.29) is 16.9 Å². The number of nitrogens with zero attached hydrogens (tertiary/aromatic N) is 2. The topological polar surface area (TPSA) is 88.6 Å². The number of amides is 1. The van der Waals surface area contributed by atoms with Crippen molar-refractivity contribution in [3.05, 3.63) is 114 Å². The molecule has 3 aromatic carbocycles. The number of nitrogens with one attached hydrogen (secondary N) is 1. The summed E-state index contributed by atoms with van der Waals surface area (Å²) >= 11 is 0. The van der Waals surface area contributed by atoms with Gasteiger partial charge in [0.15, 0.2) is 6.10 Å². The third-order valence-electron chi connectivity index (χ3n) is 6.98. The lowest BCUT2D eigenvalue weighted by molar-refractivity contribution is -0.122. The zero-order chi connectivity index (χ0) is 28.5. The second-order valence-electron chi connectivity index (χ2n) is 11.1. The highest BCUT2D eigenvalue weighted by atomic mass is 32.2. The molecule has 206 valence electrons. The van der Waals surface area contributed by atoms with Gasteiger partial charge in [-0.1, -0.05) is 56.7 Å². The van der Waals surface area contributed by atoms with Crippen molar-refractivity contribution in [2.75, 3.05) is 16.2 Å². The highest BCUT2D eigenvalue weighted by Crippen LogP contribution is 2.40. The van der Waals surface area contributed by atoms with E-state index in [0.29, 0.717) is 17.1 Å². The average molecular weight is 556 g/mol. The van der Waals surface area contributed by atoms with E-state index in [1.807, 2.05) is 55.5 Å². The number of carbonyl (C=O) groups is 1. The van der Waals surface area contributed by atoms with Crippen LogP contribution in [-0.2, 0) is 26.7 Å². The summed E-state index contributed by atoms with van der Waals surface area (Å²) in [6.45, 7) is 7.95. The second-order valence-corrected chi connectivity index (χ2v) is 13.0. The maximum atomic E-state index is 13.9. The molecule has 0 saturated heterocycles. The molecule has 5 rings (SSSR count). The van der Waals surface area contributed by atoms with Crippen LogP contribution in [0.5, 0.6) is 5.75 Å². The number of sulfonamides is 1. The zero-order valence-electron chi connectivity index (χ0n) is 23.1. The molecule has 0 unspecified atom stereocenters. The fraction of sp³-hybridized carbons (Fsp3) is 0.250. The Bertz CT molecular complexity index is 1610. The van der Waals surface area contributed by atoms with Crippen molar-refractivity contribution in [2.45, 2.75) is 50.5 Å². The Morgan fingerprint density at radius 3 is 2.25 bits per heavy atom. The number of carbonyl (C=O) groups excluding carboxylic acids is 1. The fourth-order valence-corrected chi connectivity index (χ4v) is 6.05. The average Bonchev–Trinajstić information content (AvgIpc) is 2.93. The predicted molar refractivity (Wildman–Crippen MR) is 157 cm³/mol. The summed E-state index contributed by atoms with van der Waals surface area (Å²) in [6.07, 6.45) is 3.24. The SMILES string of the molecule is Cc1ccc(S(=O)(=O)N2C[C@H](C(=O)Nc3ccc(Cc4ccncc4)cc3)Oc3ccc(C(C)(C)C)cc32)cc1. The van der Waals surface area contributed by atoms with Gasteiger partial charge in [-0.2, -0.15) is 0 Å². The Kier molecular flexibility index (Phi) is 7.38. The minimum atomic E-state index is -3.96. The molecule has 1 aromatic heterocycles. The predicted octanol–water partition coefficient (Wildman–Crippen LogP) is 5.87. The molecular formula is C32H33N3O4S. The highest BCUT2D eigenvalue weighted by Gasteiger charge is 2.38. The van der Waals surface area contributed by atoms with Gasteiger partial charge < -0.3 is 10.1 Å². The molecule has 40 heavy (non-hydrogen) atoms. The van der Waals surface area contributed by atoms with Crippen molar-refractivity contribution < 1.29 is 17.9 Å². The molecule has 0 spiro atoms. The van der Waals surface area contributed by atoms with Gasteiger partial charge in [-0.3, -0.25) is 14.1 Å². The van der Waals surface area contributed by atoms with Crippen LogP contribution in [0.25, 0.3) is 0 Å². The lowest BCUT2D eigenvalue weighted by Crippen LogP contribution is -2.49. The normalized spacial score (nSPS) is 15.2. The van der Waals surface area contributed by atoms with Gasteiger partial charge in [0.05, 0.1) is 17.1 Å². The van der Waals surface area contributed by atoms with Crippen LogP contribution >= 0.6 is 0 Å². The summed E-state index contributed by atoms with van der Waals surface area (Å²) in [5.74, 6) is -0.0701. The summed E-state index contributed by atoms with van der Waals surface area (Å²) in [5.41, 5.74) is 5.00. The molecule has 0 bridgehead atoms. The summed E-state index contributed by atoms with van der Waals surface area (Å²) in [7, 11) is -3.96. The Morgan fingerprint density at radius 1 is 0.950 bits per heavy atom. The molecule has 4 aromatic rings. The largest absolute Gasteiger partial charge is 0.476 e. The third kappa shape index (κ3) is 5.87. The maximum absolute atomic E-state index is 13.9. The molecule has 1 aliphatic rings. The van der Waals surface area contributed by atoms with Crippen molar-refractivity contribution in [2.24, 2.45) is 0 Å². The lowest BCUT2D eigenvalue weighted by atomic mass is 9.86. The van der Waals surface area contributed by atoms with E-state index in [1.54, 1.807) is 42.7 Å². The van der Waals surface area contributed by atoms with Crippen LogP contribution in [0.3, 0.4) is 0 Å². The van der Waals surface area contributed by atoms with Gasteiger partial charge in [0.1, 0.15) is 5.75 Å². The molecule has 1 atom stereocenters. The first-order valence-electron chi connectivity index (χ1n) is 13.2. The standard InChI is InChI=1S/C32H33N3O4S/c1-22-5-12-27(13-6-22)40(37,38)35-21-30(39-29-14-9-25(20-28(29)35)32(2,3)4)31(36)34-26-10-7-23(8-11-26)19-24-15-17-33-18-16-24/h5-18,20,30H,19,21H2,1-4H3,(H,34,36)/t30-/m1/s1. The van der Waals surface area contributed by atoms with E-state index >= 15 is 0 Å². The van der Waals surface area contributed by atoms with E-state index in [4.69, 9.17) is 4.74 Å². The van der Waals surface area contributed by atoms with Crippen LogP contribution < -0.4 is 14.4 Å². The summed E-state index contributed by atoms with van der Waals surface area (Å²) in [6, 6.07) is 23.7. The van der Waals surface area contributed by atoms with E-state index in [0.717, 1.165) is 28.7 Å². The number of pyridine rings is 1. The van der Waals surface area contributed by atoms with Crippen molar-refractivity contribution in [3.63, 3.8) is 0 Å². The number of aryl methyl sites for hydroxylation is 1. The zero-order valence-corrected chi connectivity index (χ0v) is 23.9. The van der Waals surface area contributed by atoms with Crippen LogP contribution in [0.2, 0.25) is 0 Å². The van der Waals surface area contributed by atoms with Crippen molar-refractivity contribution in [1.29, 1.82) is 0 Å². The number of hydrogen-bond donors (Lipinski definition) is 1. The van der Waals surface area contributed by atoms with Gasteiger partial charge in [-0.25, -0.2) is 8.42 Å². The van der Waals surface area contributed by atoms with Crippen molar-refractivity contribution >= 4 is 27.3 Å². The van der Waals surface area contributed by atoms with Crippen molar-refractivity contribution in [3.8, 4) is 5.75 Å². The van der Waals surface area contributed by atoms with Crippen LogP contribution in [0.15, 0.2) is 96.2 Å². The molecule has 1 N–H and O–H groups in total. The van der Waals surface area contributed by atoms with Crippen molar-refractivity contribution in [1.82, 2.24) is 4.98 Å². The van der Waals surface area contributed by atoms with E-state index in [1.165, 1.54) is 4.31 Å². The first-order valence-corrected chi connectivity index (χ1v) is 14.6. The van der Waals surface area contributed by atoms with E-state index in [9.17, 15) is 13.2 Å². The third-order valence-corrected chi connectivity index (χ3v) is 8.77. The molecule has 2 heterocycles. The molecule has 7 nitrogen and oxygen atoms in total. The number of aromatic nitrogens is 1.